The van der Waals surface area contributed by atoms with Crippen LogP contribution >= 0.6 is 0 Å². The number of nitrogens with one attached hydrogen (secondary N) is 1. The number of carbonyl (C=O) groups is 3. The SMILES string of the molecule is COC(=O)[C@H](CC(C)C)NC(=O)c1ccc(CN(C=O)OC(C)(C)C)cc1-c1cccc2ccccc12. The van der Waals surface area contributed by atoms with E-state index in [1.807, 2.05) is 83.1 Å². The van der Waals surface area contributed by atoms with Crippen molar-refractivity contribution in [3.8, 4) is 11.1 Å². The molecule has 7 heteroatoms. The summed E-state index contributed by atoms with van der Waals surface area (Å²) in [5.41, 5.74) is 2.24. The number of rotatable bonds is 10. The molecule has 2 amide bonds. The summed E-state index contributed by atoms with van der Waals surface area (Å²) in [4.78, 5) is 43.4. The van der Waals surface area contributed by atoms with Crippen molar-refractivity contribution >= 4 is 29.1 Å². The van der Waals surface area contributed by atoms with E-state index in [9.17, 15) is 14.4 Å². The van der Waals surface area contributed by atoms with Crippen molar-refractivity contribution in [3.05, 3.63) is 71.8 Å². The summed E-state index contributed by atoms with van der Waals surface area (Å²) in [5.74, 6) is -0.670. The Morgan fingerprint density at radius 2 is 1.70 bits per heavy atom. The summed E-state index contributed by atoms with van der Waals surface area (Å²) in [6.45, 7) is 9.78. The fourth-order valence-electron chi connectivity index (χ4n) is 4.26. The predicted octanol–water partition coefficient (Wildman–Crippen LogP) is 5.51. The van der Waals surface area contributed by atoms with E-state index in [2.05, 4.69) is 5.32 Å². The zero-order valence-corrected chi connectivity index (χ0v) is 22.4. The lowest BCUT2D eigenvalue weighted by Crippen LogP contribution is -2.42. The molecule has 1 atom stereocenters. The molecule has 0 aliphatic carbocycles. The Labute approximate surface area is 218 Å². The Morgan fingerprint density at radius 1 is 1.00 bits per heavy atom. The van der Waals surface area contributed by atoms with Gasteiger partial charge in [-0.15, -0.1) is 0 Å². The average molecular weight is 505 g/mol. The normalized spacial score (nSPS) is 12.3. The Hall–Kier alpha value is -3.71. The van der Waals surface area contributed by atoms with Gasteiger partial charge in [-0.3, -0.25) is 14.4 Å². The number of hydroxylamine groups is 2. The van der Waals surface area contributed by atoms with Gasteiger partial charge in [0, 0.05) is 5.56 Å². The minimum Gasteiger partial charge on any atom is -0.467 e. The van der Waals surface area contributed by atoms with Crippen molar-refractivity contribution in [3.63, 3.8) is 0 Å². The molecule has 37 heavy (non-hydrogen) atoms. The highest BCUT2D eigenvalue weighted by Gasteiger charge is 2.25. The third-order valence-corrected chi connectivity index (χ3v) is 5.75. The number of amides is 2. The van der Waals surface area contributed by atoms with Crippen molar-refractivity contribution in [2.24, 2.45) is 5.92 Å². The number of fused-ring (bicyclic) bond motifs is 1. The van der Waals surface area contributed by atoms with E-state index in [4.69, 9.17) is 9.57 Å². The number of hydrogen-bond acceptors (Lipinski definition) is 5. The van der Waals surface area contributed by atoms with Crippen molar-refractivity contribution in [1.82, 2.24) is 10.4 Å². The minimum absolute atomic E-state index is 0.182. The maximum atomic E-state index is 13.6. The molecule has 3 rings (SSSR count). The summed E-state index contributed by atoms with van der Waals surface area (Å²) < 4.78 is 4.93. The van der Waals surface area contributed by atoms with Crippen LogP contribution in [0.25, 0.3) is 21.9 Å². The second kappa shape index (κ2) is 12.0. The van der Waals surface area contributed by atoms with Gasteiger partial charge in [0.15, 0.2) is 0 Å². The van der Waals surface area contributed by atoms with Gasteiger partial charge in [0.25, 0.3) is 5.91 Å². The monoisotopic (exact) mass is 504 g/mol. The Balaban J connectivity index is 2.08. The molecular weight excluding hydrogens is 468 g/mol. The van der Waals surface area contributed by atoms with Crippen LogP contribution in [0.1, 0.15) is 57.0 Å². The van der Waals surface area contributed by atoms with Gasteiger partial charge in [0.2, 0.25) is 6.41 Å². The zero-order valence-electron chi connectivity index (χ0n) is 22.4. The Morgan fingerprint density at radius 3 is 2.35 bits per heavy atom. The maximum Gasteiger partial charge on any atom is 0.328 e. The quantitative estimate of drug-likeness (QED) is 0.223. The smallest absolute Gasteiger partial charge is 0.328 e. The van der Waals surface area contributed by atoms with Crippen LogP contribution in [0, 0.1) is 5.92 Å². The largest absolute Gasteiger partial charge is 0.467 e. The third-order valence-electron chi connectivity index (χ3n) is 5.75. The fraction of sp³-hybridized carbons (Fsp3) is 0.367. The fourth-order valence-corrected chi connectivity index (χ4v) is 4.26. The van der Waals surface area contributed by atoms with E-state index < -0.39 is 17.6 Å². The zero-order chi connectivity index (χ0) is 27.2. The van der Waals surface area contributed by atoms with Crippen LogP contribution in [0.15, 0.2) is 60.7 Å². The lowest BCUT2D eigenvalue weighted by Gasteiger charge is -2.27. The first kappa shape index (κ1) is 27.9. The highest BCUT2D eigenvalue weighted by molar-refractivity contribution is 6.07. The molecule has 0 saturated carbocycles. The molecule has 0 unspecified atom stereocenters. The van der Waals surface area contributed by atoms with Crippen LogP contribution < -0.4 is 5.32 Å². The predicted molar refractivity (Wildman–Crippen MR) is 145 cm³/mol. The van der Waals surface area contributed by atoms with E-state index >= 15 is 0 Å². The summed E-state index contributed by atoms with van der Waals surface area (Å²) in [6, 6.07) is 18.5. The topological polar surface area (TPSA) is 84.9 Å². The van der Waals surface area contributed by atoms with E-state index in [0.717, 1.165) is 21.9 Å². The second-order valence-electron chi connectivity index (χ2n) is 10.5. The lowest BCUT2D eigenvalue weighted by molar-refractivity contribution is -0.220. The molecule has 0 heterocycles. The minimum atomic E-state index is -0.761. The van der Waals surface area contributed by atoms with Gasteiger partial charge >= 0.3 is 5.97 Å². The first-order valence-corrected chi connectivity index (χ1v) is 12.4. The van der Waals surface area contributed by atoms with Gasteiger partial charge in [-0.25, -0.2) is 9.86 Å². The molecular formula is C30H36N2O5. The first-order valence-electron chi connectivity index (χ1n) is 12.4. The molecule has 0 fully saturated rings. The van der Waals surface area contributed by atoms with Crippen LogP contribution in [0.3, 0.4) is 0 Å². The molecule has 1 N–H and O–H groups in total. The van der Waals surface area contributed by atoms with Gasteiger partial charge in [-0.1, -0.05) is 62.4 Å². The lowest BCUT2D eigenvalue weighted by atomic mass is 9.92. The van der Waals surface area contributed by atoms with Gasteiger partial charge in [0.1, 0.15) is 6.04 Å². The summed E-state index contributed by atoms with van der Waals surface area (Å²) in [5, 5.41) is 6.14. The molecule has 0 aliphatic heterocycles. The first-order chi connectivity index (χ1) is 17.5. The number of benzene rings is 3. The van der Waals surface area contributed by atoms with Gasteiger partial charge in [-0.05, 0) is 72.7 Å². The van der Waals surface area contributed by atoms with E-state index in [-0.39, 0.29) is 18.4 Å². The molecule has 3 aromatic rings. The number of hydrogen-bond donors (Lipinski definition) is 1. The van der Waals surface area contributed by atoms with Crippen LogP contribution in [-0.4, -0.2) is 42.1 Å². The number of ether oxygens (including phenoxy) is 1. The van der Waals surface area contributed by atoms with E-state index in [0.29, 0.717) is 24.0 Å². The molecule has 3 aromatic carbocycles. The van der Waals surface area contributed by atoms with Gasteiger partial charge in [-0.2, -0.15) is 0 Å². The molecule has 7 nitrogen and oxygen atoms in total. The van der Waals surface area contributed by atoms with Gasteiger partial charge < -0.3 is 10.1 Å². The van der Waals surface area contributed by atoms with Gasteiger partial charge in [0.05, 0.1) is 19.3 Å². The molecule has 196 valence electrons. The molecule has 0 radical (unpaired) electrons. The molecule has 0 aromatic heterocycles. The van der Waals surface area contributed by atoms with Crippen molar-refractivity contribution in [1.29, 1.82) is 0 Å². The standard InChI is InChI=1S/C30H36N2O5/c1-20(2)16-27(29(35)36-6)31-28(34)25-15-14-21(18-32(19-33)37-30(3,4)5)17-26(25)24-13-9-11-22-10-7-8-12-23(22)24/h7-15,17,19-20,27H,16,18H2,1-6H3,(H,31,34)/t27-/m0/s1. The number of methoxy groups -OCH3 is 1. The second-order valence-corrected chi connectivity index (χ2v) is 10.5. The van der Waals surface area contributed by atoms with Crippen molar-refractivity contribution in [2.75, 3.05) is 7.11 Å². The van der Waals surface area contributed by atoms with Crippen LogP contribution in [0.2, 0.25) is 0 Å². The number of esters is 1. The highest BCUT2D eigenvalue weighted by Crippen LogP contribution is 2.32. The summed E-state index contributed by atoms with van der Waals surface area (Å²) in [6.07, 6.45) is 1.11. The molecule has 0 aliphatic rings. The number of nitrogens with zero attached hydrogens (tertiary/aromatic N) is 1. The maximum absolute atomic E-state index is 13.6. The molecule has 0 spiro atoms. The van der Waals surface area contributed by atoms with Crippen molar-refractivity contribution < 1.29 is 24.0 Å². The van der Waals surface area contributed by atoms with E-state index in [1.165, 1.54) is 12.2 Å². The van der Waals surface area contributed by atoms with Crippen LogP contribution in [0.4, 0.5) is 0 Å². The van der Waals surface area contributed by atoms with Crippen molar-refractivity contribution in [2.45, 2.75) is 59.2 Å². The van der Waals surface area contributed by atoms with Crippen LogP contribution in [-0.2, 0) is 25.7 Å². The Bertz CT molecular complexity index is 1260. The summed E-state index contributed by atoms with van der Waals surface area (Å²) in [7, 11) is 1.32. The number of carbonyl (C=O) groups excluding carboxylic acids is 3. The summed E-state index contributed by atoms with van der Waals surface area (Å²) >= 11 is 0. The highest BCUT2D eigenvalue weighted by atomic mass is 16.7. The van der Waals surface area contributed by atoms with E-state index in [1.54, 1.807) is 12.1 Å². The Kier molecular flexibility index (Phi) is 9.05. The molecule has 0 saturated heterocycles. The van der Waals surface area contributed by atoms with Crippen LogP contribution in [0.5, 0.6) is 0 Å². The third kappa shape index (κ3) is 7.40. The average Bonchev–Trinajstić information content (AvgIpc) is 2.85. The molecule has 0 bridgehead atoms.